The number of carbonyl (C=O) groups is 1. The minimum absolute atomic E-state index is 0.189. The van der Waals surface area contributed by atoms with Crippen molar-refractivity contribution in [1.82, 2.24) is 10.2 Å². The number of hydrogen-bond acceptors (Lipinski definition) is 3. The number of amides is 1. The maximum absolute atomic E-state index is 12.0. The van der Waals surface area contributed by atoms with Gasteiger partial charge in [-0.1, -0.05) is 42.5 Å². The number of nitrogens with one attached hydrogen (secondary N) is 1. The van der Waals surface area contributed by atoms with Crippen molar-refractivity contribution in [2.24, 2.45) is 5.92 Å². The number of benzene rings is 1. The van der Waals surface area contributed by atoms with Crippen LogP contribution in [0, 0.1) is 5.92 Å². The van der Waals surface area contributed by atoms with E-state index in [0.29, 0.717) is 18.9 Å². The average Bonchev–Trinajstić information content (AvgIpc) is 3.20. The summed E-state index contributed by atoms with van der Waals surface area (Å²) in [5.74, 6) is 0.881. The molecule has 0 spiro atoms. The van der Waals surface area contributed by atoms with Crippen molar-refractivity contribution in [2.45, 2.75) is 44.6 Å². The number of hydrogen-bond donors (Lipinski definition) is 1. The lowest BCUT2D eigenvalue weighted by Gasteiger charge is -2.31. The van der Waals surface area contributed by atoms with E-state index in [1.54, 1.807) is 0 Å². The van der Waals surface area contributed by atoms with E-state index >= 15 is 0 Å². The van der Waals surface area contributed by atoms with Crippen LogP contribution in [-0.4, -0.2) is 49.7 Å². The second-order valence-corrected chi connectivity index (χ2v) is 7.53. The van der Waals surface area contributed by atoms with Crippen molar-refractivity contribution >= 4 is 12.0 Å². The number of rotatable bonds is 8. The summed E-state index contributed by atoms with van der Waals surface area (Å²) in [4.78, 5) is 14.5. The molecule has 2 aliphatic heterocycles. The van der Waals surface area contributed by atoms with Crippen LogP contribution in [0.2, 0.25) is 0 Å². The topological polar surface area (TPSA) is 41.6 Å². The van der Waals surface area contributed by atoms with Gasteiger partial charge in [-0.25, -0.2) is 0 Å². The van der Waals surface area contributed by atoms with Crippen molar-refractivity contribution in [2.75, 3.05) is 32.8 Å². The van der Waals surface area contributed by atoms with Gasteiger partial charge in [-0.15, -0.1) is 0 Å². The van der Waals surface area contributed by atoms with Crippen molar-refractivity contribution in [3.05, 3.63) is 42.0 Å². The van der Waals surface area contributed by atoms with Crippen LogP contribution in [0.5, 0.6) is 0 Å². The molecule has 1 N–H and O–H groups in total. The third-order valence-corrected chi connectivity index (χ3v) is 5.51. The van der Waals surface area contributed by atoms with Gasteiger partial charge >= 0.3 is 0 Å². The van der Waals surface area contributed by atoms with Crippen LogP contribution in [0.15, 0.2) is 36.4 Å². The quantitative estimate of drug-likeness (QED) is 0.775. The summed E-state index contributed by atoms with van der Waals surface area (Å²) in [6.07, 6.45) is 11.0. The van der Waals surface area contributed by atoms with Crippen molar-refractivity contribution in [1.29, 1.82) is 0 Å². The SMILES string of the molecule is O=C(CCC1CCN(C/C=C/c2ccccc2)CC1)NCC1CCCO1. The molecule has 0 saturated carbocycles. The molecule has 4 heteroatoms. The van der Waals surface area contributed by atoms with Gasteiger partial charge in [0.25, 0.3) is 0 Å². The van der Waals surface area contributed by atoms with Crippen LogP contribution in [0.4, 0.5) is 0 Å². The molecule has 0 bridgehead atoms. The molecule has 142 valence electrons. The van der Waals surface area contributed by atoms with Gasteiger partial charge in [-0.05, 0) is 56.7 Å². The Kier molecular flexibility index (Phi) is 7.71. The van der Waals surface area contributed by atoms with Crippen molar-refractivity contribution < 1.29 is 9.53 Å². The van der Waals surface area contributed by atoms with Crippen LogP contribution in [0.3, 0.4) is 0 Å². The van der Waals surface area contributed by atoms with Crippen molar-refractivity contribution in [3.63, 3.8) is 0 Å². The van der Waals surface area contributed by atoms with Gasteiger partial charge < -0.3 is 10.1 Å². The molecular formula is C22H32N2O2. The summed E-state index contributed by atoms with van der Waals surface area (Å²) in [5, 5.41) is 3.03. The molecule has 2 saturated heterocycles. The monoisotopic (exact) mass is 356 g/mol. The first-order valence-electron chi connectivity index (χ1n) is 10.1. The highest BCUT2D eigenvalue weighted by Crippen LogP contribution is 2.22. The molecule has 1 aromatic rings. The molecule has 2 fully saturated rings. The lowest BCUT2D eigenvalue weighted by Crippen LogP contribution is -2.35. The minimum Gasteiger partial charge on any atom is -0.376 e. The van der Waals surface area contributed by atoms with Crippen LogP contribution in [0.1, 0.15) is 44.1 Å². The van der Waals surface area contributed by atoms with E-state index in [0.717, 1.165) is 45.5 Å². The number of nitrogens with zero attached hydrogens (tertiary/aromatic N) is 1. The van der Waals surface area contributed by atoms with Gasteiger partial charge in [-0.2, -0.15) is 0 Å². The normalized spacial score (nSPS) is 22.1. The van der Waals surface area contributed by atoms with Crippen LogP contribution in [-0.2, 0) is 9.53 Å². The molecule has 3 rings (SSSR count). The lowest BCUT2D eigenvalue weighted by atomic mass is 9.92. The summed E-state index contributed by atoms with van der Waals surface area (Å²) in [6.45, 7) is 4.83. The predicted molar refractivity (Wildman–Crippen MR) is 106 cm³/mol. The molecule has 0 radical (unpaired) electrons. The Hall–Kier alpha value is -1.65. The molecule has 0 aliphatic carbocycles. The molecule has 26 heavy (non-hydrogen) atoms. The van der Waals surface area contributed by atoms with E-state index < -0.39 is 0 Å². The van der Waals surface area contributed by atoms with Crippen LogP contribution >= 0.6 is 0 Å². The first-order valence-corrected chi connectivity index (χ1v) is 10.1. The molecule has 1 amide bonds. The number of likely N-dealkylation sites (tertiary alicyclic amines) is 1. The number of carbonyl (C=O) groups excluding carboxylic acids is 1. The summed E-state index contributed by atoms with van der Waals surface area (Å²) < 4.78 is 5.54. The maximum atomic E-state index is 12.0. The third-order valence-electron chi connectivity index (χ3n) is 5.51. The second-order valence-electron chi connectivity index (χ2n) is 7.53. The van der Waals surface area contributed by atoms with E-state index in [1.807, 2.05) is 6.07 Å². The van der Waals surface area contributed by atoms with Crippen LogP contribution in [0.25, 0.3) is 6.08 Å². The Balaban J connectivity index is 1.26. The van der Waals surface area contributed by atoms with E-state index in [-0.39, 0.29) is 12.0 Å². The fraction of sp³-hybridized carbons (Fsp3) is 0.591. The number of piperidine rings is 1. The summed E-state index contributed by atoms with van der Waals surface area (Å²) in [5.41, 5.74) is 1.26. The first kappa shape index (κ1) is 19.1. The largest absolute Gasteiger partial charge is 0.376 e. The smallest absolute Gasteiger partial charge is 0.220 e. The standard InChI is InChI=1S/C22H32N2O2/c25-22(23-18-21-9-5-17-26-21)11-10-20-12-15-24(16-13-20)14-4-8-19-6-2-1-3-7-19/h1-4,6-8,20-21H,5,9-18H2,(H,23,25)/b8-4+. The Morgan fingerprint density at radius 3 is 2.73 bits per heavy atom. The fourth-order valence-corrected chi connectivity index (χ4v) is 3.82. The van der Waals surface area contributed by atoms with Gasteiger partial charge in [0.15, 0.2) is 0 Å². The Morgan fingerprint density at radius 2 is 2.00 bits per heavy atom. The molecule has 2 heterocycles. The summed E-state index contributed by atoms with van der Waals surface area (Å²) in [7, 11) is 0. The molecule has 1 unspecified atom stereocenters. The van der Waals surface area contributed by atoms with Gasteiger partial charge in [-0.3, -0.25) is 9.69 Å². The molecule has 4 nitrogen and oxygen atoms in total. The zero-order chi connectivity index (χ0) is 18.0. The van der Waals surface area contributed by atoms with Crippen molar-refractivity contribution in [3.8, 4) is 0 Å². The van der Waals surface area contributed by atoms with E-state index in [2.05, 4.69) is 46.6 Å². The first-order chi connectivity index (χ1) is 12.8. The molecule has 1 aromatic carbocycles. The van der Waals surface area contributed by atoms with Gasteiger partial charge in [0.1, 0.15) is 0 Å². The van der Waals surface area contributed by atoms with Gasteiger partial charge in [0.05, 0.1) is 6.10 Å². The summed E-state index contributed by atoms with van der Waals surface area (Å²) >= 11 is 0. The zero-order valence-corrected chi connectivity index (χ0v) is 15.7. The second kappa shape index (κ2) is 10.5. The van der Waals surface area contributed by atoms with E-state index in [9.17, 15) is 4.79 Å². The Morgan fingerprint density at radius 1 is 1.19 bits per heavy atom. The maximum Gasteiger partial charge on any atom is 0.220 e. The third kappa shape index (κ3) is 6.58. The highest BCUT2D eigenvalue weighted by Gasteiger charge is 2.20. The minimum atomic E-state index is 0.189. The Bertz CT molecular complexity index is 559. The fourth-order valence-electron chi connectivity index (χ4n) is 3.82. The van der Waals surface area contributed by atoms with E-state index in [1.165, 1.54) is 18.4 Å². The zero-order valence-electron chi connectivity index (χ0n) is 15.7. The van der Waals surface area contributed by atoms with E-state index in [4.69, 9.17) is 4.74 Å². The average molecular weight is 357 g/mol. The molecular weight excluding hydrogens is 324 g/mol. The van der Waals surface area contributed by atoms with Crippen LogP contribution < -0.4 is 5.32 Å². The lowest BCUT2D eigenvalue weighted by molar-refractivity contribution is -0.122. The highest BCUT2D eigenvalue weighted by atomic mass is 16.5. The molecule has 1 atom stereocenters. The van der Waals surface area contributed by atoms with Gasteiger partial charge in [0, 0.05) is 26.1 Å². The number of ether oxygens (including phenoxy) is 1. The predicted octanol–water partition coefficient (Wildman–Crippen LogP) is 3.49. The molecule has 2 aliphatic rings. The Labute approximate surface area is 157 Å². The highest BCUT2D eigenvalue weighted by molar-refractivity contribution is 5.75. The summed E-state index contributed by atoms with van der Waals surface area (Å²) in [6, 6.07) is 10.5. The van der Waals surface area contributed by atoms with Gasteiger partial charge in [0.2, 0.25) is 5.91 Å². The molecule has 0 aromatic heterocycles.